The highest BCUT2D eigenvalue weighted by molar-refractivity contribution is 5.89. The van der Waals surface area contributed by atoms with Gasteiger partial charge in [0.1, 0.15) is 23.0 Å². The molecule has 1 aromatic carbocycles. The minimum atomic E-state index is -0.101. The first-order valence-corrected chi connectivity index (χ1v) is 10.4. The fourth-order valence-electron chi connectivity index (χ4n) is 3.85. The van der Waals surface area contributed by atoms with Crippen LogP contribution in [-0.2, 0) is 0 Å². The maximum absolute atomic E-state index is 13.1. The van der Waals surface area contributed by atoms with Gasteiger partial charge in [-0.1, -0.05) is 12.8 Å². The second-order valence-corrected chi connectivity index (χ2v) is 7.71. The Hall–Kier alpha value is -3.28. The Morgan fingerprint density at radius 1 is 1.17 bits per heavy atom. The Morgan fingerprint density at radius 3 is 2.80 bits per heavy atom. The summed E-state index contributed by atoms with van der Waals surface area (Å²) in [5, 5.41) is 3.06. The molecule has 4 rings (SSSR count). The van der Waals surface area contributed by atoms with Crippen molar-refractivity contribution in [2.45, 2.75) is 45.6 Å². The van der Waals surface area contributed by atoms with Gasteiger partial charge in [0.2, 0.25) is 0 Å². The lowest BCUT2D eigenvalue weighted by Crippen LogP contribution is -2.38. The van der Waals surface area contributed by atoms with Crippen molar-refractivity contribution >= 4 is 11.7 Å². The molecule has 0 aliphatic carbocycles. The minimum absolute atomic E-state index is 0.0320. The maximum Gasteiger partial charge on any atom is 0.322 e. The van der Waals surface area contributed by atoms with E-state index in [1.807, 2.05) is 61.2 Å². The predicted octanol–water partition coefficient (Wildman–Crippen LogP) is 6.23. The van der Waals surface area contributed by atoms with Crippen LogP contribution in [0.1, 0.15) is 48.8 Å². The van der Waals surface area contributed by atoms with Gasteiger partial charge in [0.05, 0.1) is 12.2 Å². The van der Waals surface area contributed by atoms with E-state index in [2.05, 4.69) is 10.3 Å². The van der Waals surface area contributed by atoms with Gasteiger partial charge in [0.25, 0.3) is 0 Å². The number of aryl methyl sites for hydroxylation is 2. The van der Waals surface area contributed by atoms with Crippen molar-refractivity contribution in [3.8, 4) is 11.5 Å². The number of benzene rings is 1. The first-order chi connectivity index (χ1) is 14.6. The third kappa shape index (κ3) is 4.64. The van der Waals surface area contributed by atoms with Gasteiger partial charge in [-0.3, -0.25) is 4.98 Å². The van der Waals surface area contributed by atoms with Crippen LogP contribution in [0.4, 0.5) is 10.5 Å². The van der Waals surface area contributed by atoms with Gasteiger partial charge in [-0.2, -0.15) is 0 Å². The number of urea groups is 1. The summed E-state index contributed by atoms with van der Waals surface area (Å²) in [4.78, 5) is 19.1. The Kier molecular flexibility index (Phi) is 6.02. The molecule has 1 N–H and O–H groups in total. The number of rotatable bonds is 4. The van der Waals surface area contributed by atoms with Crippen molar-refractivity contribution in [3.05, 3.63) is 71.9 Å². The standard InChI is InChI=1S/C24H27N3O3/c1-17-15-19(10-12-22(17)30-20-7-6-13-25-16-20)26-24(28)27-14-5-3-4-8-21(27)23-11-9-18(2)29-23/h6-7,9-13,15-16,21H,3-5,8,14H2,1-2H3,(H,26,28)/t21-/m0/s1. The monoisotopic (exact) mass is 405 g/mol. The van der Waals surface area contributed by atoms with E-state index in [9.17, 15) is 4.79 Å². The van der Waals surface area contributed by atoms with Gasteiger partial charge >= 0.3 is 6.03 Å². The Balaban J connectivity index is 1.48. The zero-order valence-electron chi connectivity index (χ0n) is 17.4. The molecule has 30 heavy (non-hydrogen) atoms. The van der Waals surface area contributed by atoms with Crippen molar-refractivity contribution < 1.29 is 13.9 Å². The molecule has 0 bridgehead atoms. The molecule has 1 saturated heterocycles. The lowest BCUT2D eigenvalue weighted by atomic mass is 10.1. The third-order valence-corrected chi connectivity index (χ3v) is 5.39. The van der Waals surface area contributed by atoms with Gasteiger partial charge < -0.3 is 19.4 Å². The number of carbonyl (C=O) groups is 1. The molecule has 0 saturated carbocycles. The molecule has 2 amide bonds. The summed E-state index contributed by atoms with van der Waals surface area (Å²) in [5.41, 5.74) is 1.68. The number of amides is 2. The van der Waals surface area contributed by atoms with Crippen LogP contribution in [0.5, 0.6) is 11.5 Å². The number of aromatic nitrogens is 1. The second-order valence-electron chi connectivity index (χ2n) is 7.71. The van der Waals surface area contributed by atoms with E-state index >= 15 is 0 Å². The van der Waals surface area contributed by atoms with E-state index in [-0.39, 0.29) is 12.1 Å². The van der Waals surface area contributed by atoms with E-state index in [0.717, 1.165) is 60.7 Å². The molecule has 1 atom stereocenters. The number of carbonyl (C=O) groups excluding carboxylic acids is 1. The SMILES string of the molecule is Cc1ccc([C@@H]2CCCCCN2C(=O)Nc2ccc(Oc3cccnc3)c(C)c2)o1. The van der Waals surface area contributed by atoms with Crippen LogP contribution in [0.25, 0.3) is 0 Å². The van der Waals surface area contributed by atoms with E-state index < -0.39 is 0 Å². The Bertz CT molecular complexity index is 1000. The van der Waals surface area contributed by atoms with E-state index in [1.165, 1.54) is 0 Å². The number of nitrogens with zero attached hydrogens (tertiary/aromatic N) is 2. The Labute approximate surface area is 176 Å². The highest BCUT2D eigenvalue weighted by Gasteiger charge is 2.29. The fourth-order valence-corrected chi connectivity index (χ4v) is 3.85. The van der Waals surface area contributed by atoms with E-state index in [1.54, 1.807) is 12.4 Å². The summed E-state index contributed by atoms with van der Waals surface area (Å²) in [5.74, 6) is 3.15. The average Bonchev–Trinajstić information content (AvgIpc) is 3.02. The van der Waals surface area contributed by atoms with Gasteiger partial charge in [-0.25, -0.2) is 4.79 Å². The number of hydrogen-bond donors (Lipinski definition) is 1. The van der Waals surface area contributed by atoms with Crippen LogP contribution < -0.4 is 10.1 Å². The Morgan fingerprint density at radius 2 is 2.07 bits per heavy atom. The first kappa shape index (κ1) is 20.0. The number of hydrogen-bond acceptors (Lipinski definition) is 4. The summed E-state index contributed by atoms with van der Waals surface area (Å²) in [6.45, 7) is 4.61. The van der Waals surface area contributed by atoms with Crippen LogP contribution in [-0.4, -0.2) is 22.5 Å². The first-order valence-electron chi connectivity index (χ1n) is 10.4. The molecule has 0 radical (unpaired) electrons. The molecule has 0 unspecified atom stereocenters. The number of furan rings is 1. The zero-order chi connectivity index (χ0) is 20.9. The normalized spacial score (nSPS) is 16.7. The molecule has 0 spiro atoms. The molecule has 3 heterocycles. The zero-order valence-corrected chi connectivity index (χ0v) is 17.4. The molecule has 156 valence electrons. The number of likely N-dealkylation sites (tertiary alicyclic amines) is 1. The predicted molar refractivity (Wildman–Crippen MR) is 116 cm³/mol. The van der Waals surface area contributed by atoms with E-state index in [0.29, 0.717) is 5.75 Å². The van der Waals surface area contributed by atoms with Crippen LogP contribution >= 0.6 is 0 Å². The van der Waals surface area contributed by atoms with Crippen LogP contribution in [0, 0.1) is 13.8 Å². The van der Waals surface area contributed by atoms with Crippen molar-refractivity contribution in [1.29, 1.82) is 0 Å². The minimum Gasteiger partial charge on any atom is -0.464 e. The molecule has 6 nitrogen and oxygen atoms in total. The summed E-state index contributed by atoms with van der Waals surface area (Å²) < 4.78 is 11.7. The largest absolute Gasteiger partial charge is 0.464 e. The molecule has 1 aliphatic heterocycles. The van der Waals surface area contributed by atoms with Crippen molar-refractivity contribution in [1.82, 2.24) is 9.88 Å². The number of pyridine rings is 1. The third-order valence-electron chi connectivity index (χ3n) is 5.39. The van der Waals surface area contributed by atoms with Crippen LogP contribution in [0.15, 0.2) is 59.3 Å². The topological polar surface area (TPSA) is 67.6 Å². The number of anilines is 1. The lowest BCUT2D eigenvalue weighted by Gasteiger charge is -2.29. The van der Waals surface area contributed by atoms with Gasteiger partial charge in [0, 0.05) is 18.4 Å². The number of nitrogens with one attached hydrogen (secondary N) is 1. The van der Waals surface area contributed by atoms with Gasteiger partial charge in [-0.05, 0) is 74.7 Å². The smallest absolute Gasteiger partial charge is 0.322 e. The second kappa shape index (κ2) is 9.03. The highest BCUT2D eigenvalue weighted by atomic mass is 16.5. The summed E-state index contributed by atoms with van der Waals surface area (Å²) in [7, 11) is 0. The molecule has 1 fully saturated rings. The van der Waals surface area contributed by atoms with Crippen LogP contribution in [0.2, 0.25) is 0 Å². The van der Waals surface area contributed by atoms with Crippen molar-refractivity contribution in [2.75, 3.05) is 11.9 Å². The van der Waals surface area contributed by atoms with Crippen molar-refractivity contribution in [3.63, 3.8) is 0 Å². The molecule has 6 heteroatoms. The summed E-state index contributed by atoms with van der Waals surface area (Å²) >= 11 is 0. The fraction of sp³-hybridized carbons (Fsp3) is 0.333. The highest BCUT2D eigenvalue weighted by Crippen LogP contribution is 2.32. The molecular formula is C24H27N3O3. The number of ether oxygens (including phenoxy) is 1. The average molecular weight is 405 g/mol. The lowest BCUT2D eigenvalue weighted by molar-refractivity contribution is 0.178. The molecule has 3 aromatic rings. The molecular weight excluding hydrogens is 378 g/mol. The quantitative estimate of drug-likeness (QED) is 0.558. The summed E-state index contributed by atoms with van der Waals surface area (Å²) in [6, 6.07) is 13.2. The van der Waals surface area contributed by atoms with Crippen molar-refractivity contribution in [2.24, 2.45) is 0 Å². The van der Waals surface area contributed by atoms with Gasteiger partial charge in [-0.15, -0.1) is 0 Å². The molecule has 2 aromatic heterocycles. The summed E-state index contributed by atoms with van der Waals surface area (Å²) in [6.07, 6.45) is 7.51. The maximum atomic E-state index is 13.1. The van der Waals surface area contributed by atoms with Gasteiger partial charge in [0.15, 0.2) is 0 Å². The van der Waals surface area contributed by atoms with Crippen LogP contribution in [0.3, 0.4) is 0 Å². The molecule has 1 aliphatic rings. The van der Waals surface area contributed by atoms with E-state index in [4.69, 9.17) is 9.15 Å².